The standard InChI is InChI=1S/C13H15F3N2O2/c14-13(15,16)20-11-3-1-10(2-4-11)12(19)18-6-5-9(7-17)8-18/h1-4,9H,5-8,17H2/t9-/m0/s1. The van der Waals surface area contributed by atoms with Crippen LogP contribution in [0.15, 0.2) is 24.3 Å². The number of nitrogens with two attached hydrogens (primary N) is 1. The minimum atomic E-state index is -4.73. The quantitative estimate of drug-likeness (QED) is 0.925. The SMILES string of the molecule is NC[C@@H]1CCN(C(=O)c2ccc(OC(F)(F)F)cc2)C1. The number of benzene rings is 1. The molecule has 0 bridgehead atoms. The van der Waals surface area contributed by atoms with E-state index in [1.807, 2.05) is 0 Å². The fourth-order valence-corrected chi connectivity index (χ4v) is 2.19. The van der Waals surface area contributed by atoms with Gasteiger partial charge in [0, 0.05) is 18.7 Å². The molecule has 1 aliphatic heterocycles. The van der Waals surface area contributed by atoms with Crippen LogP contribution in [0.4, 0.5) is 13.2 Å². The lowest BCUT2D eigenvalue weighted by molar-refractivity contribution is -0.274. The van der Waals surface area contributed by atoms with Crippen LogP contribution in [-0.2, 0) is 0 Å². The van der Waals surface area contributed by atoms with Gasteiger partial charge < -0.3 is 15.4 Å². The van der Waals surface area contributed by atoms with Gasteiger partial charge in [0.05, 0.1) is 0 Å². The molecule has 0 radical (unpaired) electrons. The molecular weight excluding hydrogens is 273 g/mol. The van der Waals surface area contributed by atoms with Crippen molar-refractivity contribution in [3.63, 3.8) is 0 Å². The Morgan fingerprint density at radius 2 is 2.00 bits per heavy atom. The first-order valence-electron chi connectivity index (χ1n) is 6.24. The maximum atomic E-state index is 12.1. The van der Waals surface area contributed by atoms with E-state index in [4.69, 9.17) is 5.73 Å². The minimum absolute atomic E-state index is 0.195. The third-order valence-electron chi connectivity index (χ3n) is 3.24. The number of nitrogens with zero attached hydrogens (tertiary/aromatic N) is 1. The summed E-state index contributed by atoms with van der Waals surface area (Å²) in [6.07, 6.45) is -3.87. The number of alkyl halides is 3. The van der Waals surface area contributed by atoms with E-state index in [2.05, 4.69) is 4.74 Å². The van der Waals surface area contributed by atoms with Gasteiger partial charge in [-0.1, -0.05) is 0 Å². The maximum absolute atomic E-state index is 12.1. The number of halogens is 3. The maximum Gasteiger partial charge on any atom is 0.573 e. The summed E-state index contributed by atoms with van der Waals surface area (Å²) in [4.78, 5) is 13.8. The Kier molecular flexibility index (Phi) is 4.17. The van der Waals surface area contributed by atoms with Crippen molar-refractivity contribution in [3.05, 3.63) is 29.8 Å². The molecule has 2 rings (SSSR count). The smallest absolute Gasteiger partial charge is 0.406 e. The molecule has 0 aromatic heterocycles. The minimum Gasteiger partial charge on any atom is -0.406 e. The van der Waals surface area contributed by atoms with E-state index in [0.717, 1.165) is 18.6 Å². The third kappa shape index (κ3) is 3.63. The Hall–Kier alpha value is -1.76. The largest absolute Gasteiger partial charge is 0.573 e. The normalized spacial score (nSPS) is 19.2. The van der Waals surface area contributed by atoms with Crippen LogP contribution < -0.4 is 10.5 Å². The summed E-state index contributed by atoms with van der Waals surface area (Å²) < 4.78 is 39.8. The molecule has 1 heterocycles. The van der Waals surface area contributed by atoms with E-state index in [9.17, 15) is 18.0 Å². The van der Waals surface area contributed by atoms with Gasteiger partial charge >= 0.3 is 6.36 Å². The zero-order valence-electron chi connectivity index (χ0n) is 10.7. The van der Waals surface area contributed by atoms with Gasteiger partial charge in [-0.2, -0.15) is 0 Å². The second kappa shape index (κ2) is 5.70. The zero-order chi connectivity index (χ0) is 14.8. The molecule has 1 amide bonds. The van der Waals surface area contributed by atoms with Gasteiger partial charge in [0.25, 0.3) is 5.91 Å². The van der Waals surface area contributed by atoms with Crippen LogP contribution in [0, 0.1) is 5.92 Å². The summed E-state index contributed by atoms with van der Waals surface area (Å²) in [6, 6.07) is 4.94. The first kappa shape index (κ1) is 14.6. The van der Waals surface area contributed by atoms with Crippen molar-refractivity contribution in [2.45, 2.75) is 12.8 Å². The Morgan fingerprint density at radius 3 is 2.50 bits per heavy atom. The molecule has 1 aromatic carbocycles. The number of carbonyl (C=O) groups is 1. The van der Waals surface area contributed by atoms with Crippen LogP contribution in [0.2, 0.25) is 0 Å². The number of ether oxygens (including phenoxy) is 1. The van der Waals surface area contributed by atoms with Crippen molar-refractivity contribution in [1.82, 2.24) is 4.90 Å². The molecule has 1 aromatic rings. The topological polar surface area (TPSA) is 55.6 Å². The molecule has 4 nitrogen and oxygen atoms in total. The van der Waals surface area contributed by atoms with Crippen LogP contribution in [-0.4, -0.2) is 36.8 Å². The van der Waals surface area contributed by atoms with E-state index < -0.39 is 6.36 Å². The van der Waals surface area contributed by atoms with Gasteiger partial charge in [0.1, 0.15) is 5.75 Å². The molecule has 0 saturated carbocycles. The first-order valence-corrected chi connectivity index (χ1v) is 6.24. The summed E-state index contributed by atoms with van der Waals surface area (Å²) in [5.74, 6) is -0.235. The fraction of sp³-hybridized carbons (Fsp3) is 0.462. The number of hydrogen-bond donors (Lipinski definition) is 1. The Balaban J connectivity index is 2.01. The summed E-state index contributed by atoms with van der Waals surface area (Å²) in [6.45, 7) is 1.75. The van der Waals surface area contributed by atoms with Crippen molar-refractivity contribution in [2.75, 3.05) is 19.6 Å². The number of amides is 1. The molecule has 110 valence electrons. The third-order valence-corrected chi connectivity index (χ3v) is 3.24. The van der Waals surface area contributed by atoms with Crippen LogP contribution in [0.1, 0.15) is 16.8 Å². The van der Waals surface area contributed by atoms with E-state index in [-0.39, 0.29) is 11.7 Å². The molecule has 0 spiro atoms. The second-order valence-electron chi connectivity index (χ2n) is 4.71. The molecule has 0 unspecified atom stereocenters. The predicted molar refractivity (Wildman–Crippen MR) is 66.2 cm³/mol. The van der Waals surface area contributed by atoms with E-state index in [1.165, 1.54) is 12.1 Å². The molecule has 2 N–H and O–H groups in total. The van der Waals surface area contributed by atoms with Gasteiger partial charge in [0.2, 0.25) is 0 Å². The highest BCUT2D eigenvalue weighted by Gasteiger charge is 2.31. The van der Waals surface area contributed by atoms with Gasteiger partial charge in [0.15, 0.2) is 0 Å². The number of rotatable bonds is 3. The second-order valence-corrected chi connectivity index (χ2v) is 4.71. The van der Waals surface area contributed by atoms with Crippen LogP contribution in [0.25, 0.3) is 0 Å². The summed E-state index contributed by atoms with van der Waals surface area (Å²) in [5.41, 5.74) is 5.90. The molecular formula is C13H15F3N2O2. The molecule has 7 heteroatoms. The summed E-state index contributed by atoms with van der Waals surface area (Å²) in [5, 5.41) is 0. The number of carbonyl (C=O) groups excluding carboxylic acids is 1. The van der Waals surface area contributed by atoms with Gasteiger partial charge in [-0.15, -0.1) is 13.2 Å². The number of hydrogen-bond acceptors (Lipinski definition) is 3. The van der Waals surface area contributed by atoms with Gasteiger partial charge in [-0.05, 0) is 43.1 Å². The van der Waals surface area contributed by atoms with Crippen LogP contribution >= 0.6 is 0 Å². The fourth-order valence-electron chi connectivity index (χ4n) is 2.19. The van der Waals surface area contributed by atoms with Crippen molar-refractivity contribution >= 4 is 5.91 Å². The number of likely N-dealkylation sites (tertiary alicyclic amines) is 1. The molecule has 1 saturated heterocycles. The van der Waals surface area contributed by atoms with Crippen LogP contribution in [0.5, 0.6) is 5.75 Å². The van der Waals surface area contributed by atoms with Crippen molar-refractivity contribution in [2.24, 2.45) is 11.7 Å². The highest BCUT2D eigenvalue weighted by Crippen LogP contribution is 2.24. The lowest BCUT2D eigenvalue weighted by Crippen LogP contribution is -2.29. The van der Waals surface area contributed by atoms with Crippen molar-refractivity contribution < 1.29 is 22.7 Å². The Bertz CT molecular complexity index is 473. The highest BCUT2D eigenvalue weighted by atomic mass is 19.4. The van der Waals surface area contributed by atoms with E-state index in [0.29, 0.717) is 31.1 Å². The highest BCUT2D eigenvalue weighted by molar-refractivity contribution is 5.94. The molecule has 0 aliphatic carbocycles. The van der Waals surface area contributed by atoms with Crippen molar-refractivity contribution in [3.8, 4) is 5.75 Å². The van der Waals surface area contributed by atoms with E-state index >= 15 is 0 Å². The van der Waals surface area contributed by atoms with Gasteiger partial charge in [-0.25, -0.2) is 0 Å². The van der Waals surface area contributed by atoms with Crippen molar-refractivity contribution in [1.29, 1.82) is 0 Å². The predicted octanol–water partition coefficient (Wildman–Crippen LogP) is 2.01. The average molecular weight is 288 g/mol. The van der Waals surface area contributed by atoms with Gasteiger partial charge in [-0.3, -0.25) is 4.79 Å². The van der Waals surface area contributed by atoms with E-state index in [1.54, 1.807) is 4.90 Å². The summed E-state index contributed by atoms with van der Waals surface area (Å²) in [7, 11) is 0. The molecule has 1 fully saturated rings. The molecule has 1 atom stereocenters. The monoisotopic (exact) mass is 288 g/mol. The lowest BCUT2D eigenvalue weighted by atomic mass is 10.1. The molecule has 1 aliphatic rings. The average Bonchev–Trinajstić information content (AvgIpc) is 2.85. The zero-order valence-corrected chi connectivity index (χ0v) is 10.7. The lowest BCUT2D eigenvalue weighted by Gasteiger charge is -2.16. The Morgan fingerprint density at radius 1 is 1.35 bits per heavy atom. The molecule has 20 heavy (non-hydrogen) atoms. The summed E-state index contributed by atoms with van der Waals surface area (Å²) >= 11 is 0. The van der Waals surface area contributed by atoms with Crippen LogP contribution in [0.3, 0.4) is 0 Å². The first-order chi connectivity index (χ1) is 9.39. The Labute approximate surface area is 114 Å².